The van der Waals surface area contributed by atoms with E-state index in [1.54, 1.807) is 10.5 Å². The Morgan fingerprint density at radius 3 is 2.77 bits per heavy atom. The van der Waals surface area contributed by atoms with Crippen LogP contribution in [-0.2, 0) is 14.8 Å². The lowest BCUT2D eigenvalue weighted by molar-refractivity contribution is -0.0134. The molecular formula is C21H26F2N6O4S2. The van der Waals surface area contributed by atoms with E-state index < -0.39 is 33.1 Å². The minimum Gasteiger partial charge on any atom is -0.394 e. The third kappa shape index (κ3) is 4.65. The van der Waals surface area contributed by atoms with Crippen molar-refractivity contribution in [3.05, 3.63) is 23.5 Å². The Bertz CT molecular complexity index is 1340. The third-order valence-corrected chi connectivity index (χ3v) is 9.01. The van der Waals surface area contributed by atoms with Gasteiger partial charge < -0.3 is 14.7 Å². The first-order valence-corrected chi connectivity index (χ1v) is 13.6. The first-order chi connectivity index (χ1) is 16.6. The van der Waals surface area contributed by atoms with Crippen LogP contribution in [0.4, 0.5) is 14.5 Å². The number of alkyl halides is 2. The summed E-state index contributed by atoms with van der Waals surface area (Å²) in [5.74, 6) is 0. The van der Waals surface area contributed by atoms with Gasteiger partial charge in [-0.25, -0.2) is 26.9 Å². The summed E-state index contributed by atoms with van der Waals surface area (Å²) in [6.07, 6.45) is 1.93. The fourth-order valence-electron chi connectivity index (χ4n) is 4.16. The molecule has 2 fully saturated rings. The van der Waals surface area contributed by atoms with Crippen LogP contribution in [0.5, 0.6) is 0 Å². The second-order valence-corrected chi connectivity index (χ2v) is 11.9. The van der Waals surface area contributed by atoms with E-state index in [1.165, 1.54) is 12.4 Å². The van der Waals surface area contributed by atoms with Crippen molar-refractivity contribution in [3.63, 3.8) is 0 Å². The number of hydrogen-bond donors (Lipinski definition) is 2. The summed E-state index contributed by atoms with van der Waals surface area (Å²) in [7, 11) is -3.90. The van der Waals surface area contributed by atoms with Crippen molar-refractivity contribution >= 4 is 32.7 Å². The number of sulfonamides is 1. The number of anilines is 1. The first kappa shape index (κ1) is 24.4. The zero-order valence-corrected chi connectivity index (χ0v) is 20.8. The second-order valence-electron chi connectivity index (χ2n) is 9.16. The number of hydrogen-bond acceptors (Lipinski definition) is 9. The molecule has 5 rings (SSSR count). The van der Waals surface area contributed by atoms with Crippen LogP contribution in [0.25, 0.3) is 16.3 Å². The van der Waals surface area contributed by atoms with E-state index in [9.17, 15) is 22.3 Å². The Balaban J connectivity index is 1.68. The SMILES string of the molecule is CC[C@@H]1CO[C@H](CO)CN1c1cc(S(=O)(=O)NC2(C)CC2)cn2c(-c3nnc(C(F)F)s3)cnc12. The van der Waals surface area contributed by atoms with Gasteiger partial charge in [0.05, 0.1) is 37.2 Å². The maximum Gasteiger partial charge on any atom is 0.291 e. The van der Waals surface area contributed by atoms with Crippen LogP contribution in [0.15, 0.2) is 23.4 Å². The number of aromatic nitrogens is 4. The molecule has 3 aromatic rings. The third-order valence-electron chi connectivity index (χ3n) is 6.45. The summed E-state index contributed by atoms with van der Waals surface area (Å²) >= 11 is 0.733. The van der Waals surface area contributed by atoms with E-state index in [0.717, 1.165) is 30.6 Å². The highest BCUT2D eigenvalue weighted by Crippen LogP contribution is 2.38. The van der Waals surface area contributed by atoms with Gasteiger partial charge >= 0.3 is 0 Å². The van der Waals surface area contributed by atoms with Gasteiger partial charge in [-0.3, -0.25) is 4.40 Å². The van der Waals surface area contributed by atoms with Crippen molar-refractivity contribution < 1.29 is 27.0 Å². The van der Waals surface area contributed by atoms with E-state index in [4.69, 9.17) is 4.74 Å². The van der Waals surface area contributed by atoms with Crippen LogP contribution < -0.4 is 9.62 Å². The fraction of sp³-hybridized carbons (Fsp3) is 0.571. The van der Waals surface area contributed by atoms with E-state index in [2.05, 4.69) is 19.9 Å². The van der Waals surface area contributed by atoms with E-state index in [1.807, 2.05) is 18.7 Å². The summed E-state index contributed by atoms with van der Waals surface area (Å²) < 4.78 is 63.0. The van der Waals surface area contributed by atoms with Crippen molar-refractivity contribution in [1.29, 1.82) is 0 Å². The van der Waals surface area contributed by atoms with Crippen LogP contribution in [0, 0.1) is 0 Å². The van der Waals surface area contributed by atoms with Gasteiger partial charge in [-0.15, -0.1) is 10.2 Å². The van der Waals surface area contributed by atoms with Crippen LogP contribution in [-0.4, -0.2) is 70.5 Å². The summed E-state index contributed by atoms with van der Waals surface area (Å²) in [6.45, 7) is 4.37. The lowest BCUT2D eigenvalue weighted by atomic mass is 10.1. The number of ether oxygens (including phenoxy) is 1. The molecule has 35 heavy (non-hydrogen) atoms. The highest BCUT2D eigenvalue weighted by atomic mass is 32.2. The largest absolute Gasteiger partial charge is 0.394 e. The Labute approximate surface area is 205 Å². The predicted octanol–water partition coefficient (Wildman–Crippen LogP) is 2.60. The molecule has 0 unspecified atom stereocenters. The number of nitrogens with zero attached hydrogens (tertiary/aromatic N) is 5. The van der Waals surface area contributed by atoms with E-state index in [-0.39, 0.29) is 22.6 Å². The summed E-state index contributed by atoms with van der Waals surface area (Å²) in [4.78, 5) is 6.53. The van der Waals surface area contributed by atoms with Gasteiger partial charge in [0.1, 0.15) is 10.6 Å². The van der Waals surface area contributed by atoms with Crippen molar-refractivity contribution in [2.45, 2.75) is 62.1 Å². The monoisotopic (exact) mass is 528 g/mol. The Morgan fingerprint density at radius 2 is 2.14 bits per heavy atom. The number of imidazole rings is 1. The van der Waals surface area contributed by atoms with Crippen molar-refractivity contribution in [1.82, 2.24) is 24.3 Å². The molecule has 0 radical (unpaired) electrons. The van der Waals surface area contributed by atoms with Crippen molar-refractivity contribution in [3.8, 4) is 10.7 Å². The lowest BCUT2D eigenvalue weighted by Gasteiger charge is -2.40. The molecule has 2 atom stereocenters. The zero-order chi connectivity index (χ0) is 25.0. The van der Waals surface area contributed by atoms with Gasteiger partial charge in [-0.2, -0.15) is 0 Å². The highest BCUT2D eigenvalue weighted by Gasteiger charge is 2.42. The van der Waals surface area contributed by atoms with Crippen LogP contribution in [0.2, 0.25) is 0 Å². The van der Waals surface area contributed by atoms with Crippen molar-refractivity contribution in [2.24, 2.45) is 0 Å². The molecule has 1 aliphatic heterocycles. The Hall–Kier alpha value is -2.26. The van der Waals surface area contributed by atoms with Crippen LogP contribution in [0.3, 0.4) is 0 Å². The van der Waals surface area contributed by atoms with Gasteiger partial charge in [0, 0.05) is 18.3 Å². The molecule has 1 aliphatic carbocycles. The maximum absolute atomic E-state index is 13.3. The predicted molar refractivity (Wildman–Crippen MR) is 125 cm³/mol. The molecule has 3 aromatic heterocycles. The molecule has 1 saturated carbocycles. The van der Waals surface area contributed by atoms with Gasteiger partial charge in [-0.05, 0) is 32.3 Å². The number of rotatable bonds is 8. The summed E-state index contributed by atoms with van der Waals surface area (Å²) in [6, 6.07) is 1.51. The molecule has 0 aromatic carbocycles. The zero-order valence-electron chi connectivity index (χ0n) is 19.2. The highest BCUT2D eigenvalue weighted by molar-refractivity contribution is 7.89. The second kappa shape index (κ2) is 9.00. The molecule has 4 heterocycles. The minimum atomic E-state index is -3.90. The number of fused-ring (bicyclic) bond motifs is 1. The number of pyridine rings is 1. The number of morpholine rings is 1. The Kier molecular flexibility index (Phi) is 6.28. The van der Waals surface area contributed by atoms with Crippen LogP contribution in [0.1, 0.15) is 44.5 Å². The normalized spacial score (nSPS) is 22.3. The average Bonchev–Trinajstić information content (AvgIpc) is 3.21. The number of nitrogens with one attached hydrogen (secondary N) is 1. The molecule has 1 saturated heterocycles. The van der Waals surface area contributed by atoms with E-state index in [0.29, 0.717) is 30.2 Å². The minimum absolute atomic E-state index is 0.0212. The number of aliphatic hydroxyl groups excluding tert-OH is 1. The standard InChI is InChI=1S/C21H26F2N6O4S2/c1-3-12-11-33-13(10-30)8-28(12)15-6-14(35(31,32)27-21(2)4-5-21)9-29-16(7-24-18(15)29)19-25-26-20(34-19)17(22)23/h6-7,9,12-13,17,27,30H,3-5,8,10-11H2,1-2H3/t12-,13+/m1/s1. The number of aliphatic hydroxyl groups is 1. The van der Waals surface area contributed by atoms with E-state index >= 15 is 0 Å². The van der Waals surface area contributed by atoms with Gasteiger partial charge in [0.15, 0.2) is 15.7 Å². The summed E-state index contributed by atoms with van der Waals surface area (Å²) in [5, 5.41) is 16.9. The Morgan fingerprint density at radius 1 is 1.37 bits per heavy atom. The first-order valence-electron chi connectivity index (χ1n) is 11.3. The lowest BCUT2D eigenvalue weighted by Crippen LogP contribution is -2.51. The maximum atomic E-state index is 13.3. The molecule has 2 aliphatic rings. The van der Waals surface area contributed by atoms with Gasteiger partial charge in [-0.1, -0.05) is 18.3 Å². The quantitative estimate of drug-likeness (QED) is 0.458. The van der Waals surface area contributed by atoms with Crippen molar-refractivity contribution in [2.75, 3.05) is 24.7 Å². The topological polar surface area (TPSA) is 122 Å². The molecular weight excluding hydrogens is 502 g/mol. The van der Waals surface area contributed by atoms with Crippen LogP contribution >= 0.6 is 11.3 Å². The van der Waals surface area contributed by atoms with Gasteiger partial charge in [0.25, 0.3) is 6.43 Å². The smallest absolute Gasteiger partial charge is 0.291 e. The molecule has 2 N–H and O–H groups in total. The fourth-order valence-corrected chi connectivity index (χ4v) is 6.35. The molecule has 0 spiro atoms. The number of halogens is 2. The van der Waals surface area contributed by atoms with Gasteiger partial charge in [0.2, 0.25) is 10.0 Å². The average molecular weight is 529 g/mol. The molecule has 10 nitrogen and oxygen atoms in total. The molecule has 190 valence electrons. The molecule has 0 bridgehead atoms. The molecule has 14 heteroatoms. The summed E-state index contributed by atoms with van der Waals surface area (Å²) in [5.41, 5.74) is 0.874. The molecule has 0 amide bonds.